The average molecular weight is 602 g/mol. The molecule has 0 spiro atoms. The summed E-state index contributed by atoms with van der Waals surface area (Å²) >= 11 is 0. The minimum absolute atomic E-state index is 0.864. The maximum absolute atomic E-state index is 6.42. The summed E-state index contributed by atoms with van der Waals surface area (Å²) in [5.74, 6) is 0. The van der Waals surface area contributed by atoms with Crippen molar-refractivity contribution in [1.29, 1.82) is 0 Å². The van der Waals surface area contributed by atoms with E-state index >= 15 is 0 Å². The zero-order valence-electron chi connectivity index (χ0n) is 25.4. The third-order valence-corrected chi connectivity index (χ3v) is 9.45. The number of nitrogens with zero attached hydrogens (tertiary/aromatic N) is 1. The Morgan fingerprint density at radius 3 is 1.72 bits per heavy atom. The molecule has 0 unspecified atom stereocenters. The third-order valence-electron chi connectivity index (χ3n) is 9.45. The smallest absolute Gasteiger partial charge is 0.137 e. The van der Waals surface area contributed by atoms with Crippen LogP contribution in [0.5, 0.6) is 0 Å². The lowest BCUT2D eigenvalue weighted by Crippen LogP contribution is -2.12. The van der Waals surface area contributed by atoms with E-state index in [1.54, 1.807) is 0 Å². The van der Waals surface area contributed by atoms with Crippen molar-refractivity contribution in [1.82, 2.24) is 0 Å². The van der Waals surface area contributed by atoms with Crippen molar-refractivity contribution < 1.29 is 8.83 Å². The van der Waals surface area contributed by atoms with Crippen LogP contribution in [0.1, 0.15) is 0 Å². The quantitative estimate of drug-likeness (QED) is 0.188. The molecule has 2 heterocycles. The van der Waals surface area contributed by atoms with Crippen LogP contribution >= 0.6 is 0 Å². The molecule has 10 rings (SSSR count). The number of hydrogen-bond acceptors (Lipinski definition) is 3. The second kappa shape index (κ2) is 10.1. The van der Waals surface area contributed by atoms with Crippen LogP contribution in [-0.4, -0.2) is 0 Å². The first kappa shape index (κ1) is 26.0. The van der Waals surface area contributed by atoms with Gasteiger partial charge < -0.3 is 13.7 Å². The zero-order chi connectivity index (χ0) is 30.9. The van der Waals surface area contributed by atoms with E-state index in [2.05, 4.69) is 150 Å². The summed E-state index contributed by atoms with van der Waals surface area (Å²) in [6.45, 7) is 0. The molecule has 0 bridgehead atoms. The van der Waals surface area contributed by atoms with Crippen LogP contribution in [0, 0.1) is 0 Å². The minimum atomic E-state index is 0.864. The minimum Gasteiger partial charge on any atom is -0.456 e. The predicted octanol–water partition coefficient (Wildman–Crippen LogP) is 12.9. The molecular weight excluding hydrogens is 574 g/mol. The standard InChI is InChI=1S/C44H27NO2/c1-2-12-28(13-3-1)30-14-4-7-18-35(30)45(37-20-11-23-40-43(37)33-15-5-8-21-38(33)46-40)36-19-10-17-32-31(36)26-24-29-25-27-41-44(42(29)32)34-16-6-9-22-39(34)47-41/h1-27H. The number of rotatable bonds is 4. The van der Waals surface area contributed by atoms with Crippen LogP contribution in [0.3, 0.4) is 0 Å². The van der Waals surface area contributed by atoms with Gasteiger partial charge in [0.05, 0.1) is 22.4 Å². The molecule has 0 saturated carbocycles. The highest BCUT2D eigenvalue weighted by atomic mass is 16.3. The highest BCUT2D eigenvalue weighted by Gasteiger charge is 2.24. The van der Waals surface area contributed by atoms with E-state index in [9.17, 15) is 0 Å². The Kier molecular flexibility index (Phi) is 5.57. The molecule has 0 amide bonds. The van der Waals surface area contributed by atoms with E-state index in [-0.39, 0.29) is 0 Å². The Morgan fingerprint density at radius 2 is 0.894 bits per heavy atom. The summed E-state index contributed by atoms with van der Waals surface area (Å²) in [6, 6.07) is 57.8. The van der Waals surface area contributed by atoms with Crippen LogP contribution in [-0.2, 0) is 0 Å². The number of benzene rings is 8. The molecule has 220 valence electrons. The molecule has 0 saturated heterocycles. The van der Waals surface area contributed by atoms with Gasteiger partial charge in [-0.15, -0.1) is 0 Å². The van der Waals surface area contributed by atoms with Gasteiger partial charge in [0.25, 0.3) is 0 Å². The molecule has 3 heteroatoms. The fourth-order valence-electron chi connectivity index (χ4n) is 7.44. The van der Waals surface area contributed by atoms with E-state index in [0.717, 1.165) is 77.5 Å². The predicted molar refractivity (Wildman–Crippen MR) is 196 cm³/mol. The lowest BCUT2D eigenvalue weighted by molar-refractivity contribution is 0.668. The lowest BCUT2D eigenvalue weighted by atomic mass is 9.95. The van der Waals surface area contributed by atoms with E-state index in [0.29, 0.717) is 0 Å². The van der Waals surface area contributed by atoms with Gasteiger partial charge in [0.1, 0.15) is 22.3 Å². The number of anilines is 3. The molecule has 0 aliphatic carbocycles. The summed E-state index contributed by atoms with van der Waals surface area (Å²) in [7, 11) is 0. The maximum atomic E-state index is 6.42. The maximum Gasteiger partial charge on any atom is 0.137 e. The van der Waals surface area contributed by atoms with Crippen LogP contribution in [0.15, 0.2) is 173 Å². The Balaban J connectivity index is 1.35. The average Bonchev–Trinajstić information content (AvgIpc) is 3.71. The van der Waals surface area contributed by atoms with Gasteiger partial charge >= 0.3 is 0 Å². The van der Waals surface area contributed by atoms with Gasteiger partial charge in [-0.1, -0.05) is 121 Å². The first-order chi connectivity index (χ1) is 23.3. The van der Waals surface area contributed by atoms with Crippen LogP contribution in [0.4, 0.5) is 17.1 Å². The third kappa shape index (κ3) is 3.87. The van der Waals surface area contributed by atoms with E-state index in [1.165, 1.54) is 16.2 Å². The lowest BCUT2D eigenvalue weighted by Gasteiger charge is -2.29. The van der Waals surface area contributed by atoms with Gasteiger partial charge in [-0.2, -0.15) is 0 Å². The van der Waals surface area contributed by atoms with Crippen molar-refractivity contribution in [2.45, 2.75) is 0 Å². The summed E-state index contributed by atoms with van der Waals surface area (Å²) in [4.78, 5) is 2.43. The molecular formula is C44H27NO2. The van der Waals surface area contributed by atoms with Crippen LogP contribution in [0.2, 0.25) is 0 Å². The van der Waals surface area contributed by atoms with Gasteiger partial charge in [-0.3, -0.25) is 0 Å². The van der Waals surface area contributed by atoms with Crippen molar-refractivity contribution in [2.24, 2.45) is 0 Å². The monoisotopic (exact) mass is 601 g/mol. The van der Waals surface area contributed by atoms with E-state index < -0.39 is 0 Å². The normalized spacial score (nSPS) is 11.8. The molecule has 0 aliphatic rings. The van der Waals surface area contributed by atoms with E-state index in [1.807, 2.05) is 18.2 Å². The first-order valence-corrected chi connectivity index (χ1v) is 15.9. The summed E-state index contributed by atoms with van der Waals surface area (Å²) in [5, 5.41) is 9.20. The van der Waals surface area contributed by atoms with E-state index in [4.69, 9.17) is 8.83 Å². The van der Waals surface area contributed by atoms with Gasteiger partial charge in [-0.05, 0) is 58.8 Å². The van der Waals surface area contributed by atoms with Crippen molar-refractivity contribution in [2.75, 3.05) is 4.90 Å². The Labute approximate surface area is 270 Å². The SMILES string of the molecule is c1ccc(-c2ccccc2N(c2cccc3c2ccc2ccc4oc5ccccc5c4c23)c2cccc3oc4ccccc4c23)cc1. The van der Waals surface area contributed by atoms with Gasteiger partial charge in [-0.25, -0.2) is 0 Å². The summed E-state index contributed by atoms with van der Waals surface area (Å²) in [5.41, 5.74) is 9.11. The molecule has 0 fully saturated rings. The Hall–Kier alpha value is -6.32. The molecule has 2 aromatic heterocycles. The molecule has 10 aromatic rings. The van der Waals surface area contributed by atoms with Crippen LogP contribution in [0.25, 0.3) is 76.5 Å². The van der Waals surface area contributed by atoms with Crippen molar-refractivity contribution in [3.8, 4) is 11.1 Å². The Bertz CT molecular complexity index is 2810. The molecule has 0 N–H and O–H groups in total. The number of hydrogen-bond donors (Lipinski definition) is 0. The highest BCUT2D eigenvalue weighted by Crippen LogP contribution is 2.49. The highest BCUT2D eigenvalue weighted by molar-refractivity contribution is 6.28. The van der Waals surface area contributed by atoms with Crippen LogP contribution < -0.4 is 4.90 Å². The molecule has 0 atom stereocenters. The fraction of sp³-hybridized carbons (Fsp3) is 0. The molecule has 0 radical (unpaired) electrons. The molecule has 8 aromatic carbocycles. The van der Waals surface area contributed by atoms with Gasteiger partial charge in [0.15, 0.2) is 0 Å². The second-order valence-electron chi connectivity index (χ2n) is 12.0. The molecule has 0 aliphatic heterocycles. The van der Waals surface area contributed by atoms with Gasteiger partial charge in [0.2, 0.25) is 0 Å². The Morgan fingerprint density at radius 1 is 0.319 bits per heavy atom. The molecule has 47 heavy (non-hydrogen) atoms. The second-order valence-corrected chi connectivity index (χ2v) is 12.0. The van der Waals surface area contributed by atoms with Crippen molar-refractivity contribution in [3.05, 3.63) is 164 Å². The number of furan rings is 2. The number of fused-ring (bicyclic) bond motifs is 10. The topological polar surface area (TPSA) is 29.5 Å². The van der Waals surface area contributed by atoms with Gasteiger partial charge in [0, 0.05) is 32.5 Å². The van der Waals surface area contributed by atoms with Crippen molar-refractivity contribution >= 4 is 82.5 Å². The van der Waals surface area contributed by atoms with Crippen molar-refractivity contribution in [3.63, 3.8) is 0 Å². The summed E-state index contributed by atoms with van der Waals surface area (Å²) in [6.07, 6.45) is 0. The fourth-order valence-corrected chi connectivity index (χ4v) is 7.44. The summed E-state index contributed by atoms with van der Waals surface area (Å²) < 4.78 is 12.8. The number of para-hydroxylation sites is 3. The zero-order valence-corrected chi connectivity index (χ0v) is 25.4. The molecule has 3 nitrogen and oxygen atoms in total. The largest absolute Gasteiger partial charge is 0.456 e. The first-order valence-electron chi connectivity index (χ1n) is 15.9.